The van der Waals surface area contributed by atoms with Crippen molar-refractivity contribution in [1.82, 2.24) is 0 Å². The molecule has 4 nitrogen and oxygen atoms in total. The Kier molecular flexibility index (Phi) is 8.67. The molecule has 1 atom stereocenters. The minimum absolute atomic E-state index is 0.268. The molecule has 0 spiro atoms. The van der Waals surface area contributed by atoms with Crippen LogP contribution in [0.15, 0.2) is 60.7 Å². The van der Waals surface area contributed by atoms with Crippen LogP contribution in [-0.4, -0.2) is 33.0 Å². The first-order chi connectivity index (χ1) is 19.1. The molecule has 1 unspecified atom stereocenters. The predicted molar refractivity (Wildman–Crippen MR) is 156 cm³/mol. The first-order valence-corrected chi connectivity index (χ1v) is 14.2. The van der Waals surface area contributed by atoms with E-state index in [1.165, 1.54) is 28.7 Å². The Morgan fingerprint density at radius 2 is 1.54 bits per heavy atom. The minimum Gasteiger partial charge on any atom is -0.494 e. The fraction of sp³-hybridized carbons (Fsp3) is 0.400. The zero-order valence-corrected chi connectivity index (χ0v) is 23.1. The van der Waals surface area contributed by atoms with Crippen molar-refractivity contribution >= 4 is 5.69 Å². The molecule has 3 aromatic rings. The highest BCUT2D eigenvalue weighted by molar-refractivity contribution is 5.81. The molecule has 4 heteroatoms. The lowest BCUT2D eigenvalue weighted by Crippen LogP contribution is -2.45. The zero-order valence-electron chi connectivity index (χ0n) is 23.1. The van der Waals surface area contributed by atoms with E-state index in [0.717, 1.165) is 75.6 Å². The molecule has 0 aromatic heterocycles. The average Bonchev–Trinajstić information content (AvgIpc) is 3.23. The van der Waals surface area contributed by atoms with Gasteiger partial charge in [-0.15, -0.1) is 0 Å². The minimum atomic E-state index is 0.268. The van der Waals surface area contributed by atoms with Crippen LogP contribution >= 0.6 is 0 Å². The highest BCUT2D eigenvalue weighted by Gasteiger charge is 2.36. The zero-order chi connectivity index (χ0) is 27.1. The molecule has 1 aliphatic carbocycles. The van der Waals surface area contributed by atoms with Gasteiger partial charge in [-0.1, -0.05) is 56.4 Å². The Bertz CT molecular complexity index is 1380. The van der Waals surface area contributed by atoms with Crippen molar-refractivity contribution in [3.63, 3.8) is 0 Å². The van der Waals surface area contributed by atoms with Crippen molar-refractivity contribution in [1.29, 1.82) is 0 Å². The molecular weight excluding hydrogens is 482 g/mol. The van der Waals surface area contributed by atoms with E-state index in [1.54, 1.807) is 0 Å². The Hall–Kier alpha value is -3.57. The molecule has 3 aromatic carbocycles. The number of nitrogens with zero attached hydrogens (tertiary/aromatic N) is 1. The quantitative estimate of drug-likeness (QED) is 0.146. The number of hydrogen-bond acceptors (Lipinski definition) is 3. The van der Waals surface area contributed by atoms with Crippen LogP contribution in [0, 0.1) is 23.8 Å². The summed E-state index contributed by atoms with van der Waals surface area (Å²) in [6, 6.07) is 20.5. The van der Waals surface area contributed by atoms with E-state index in [1.807, 2.05) is 36.4 Å². The van der Waals surface area contributed by atoms with E-state index in [0.29, 0.717) is 5.69 Å². The van der Waals surface area contributed by atoms with Crippen molar-refractivity contribution in [2.75, 3.05) is 33.0 Å². The maximum absolute atomic E-state index is 7.31. The van der Waals surface area contributed by atoms with Gasteiger partial charge in [-0.25, -0.2) is 4.85 Å². The van der Waals surface area contributed by atoms with Gasteiger partial charge >= 0.3 is 0 Å². The van der Waals surface area contributed by atoms with Crippen molar-refractivity contribution in [3.05, 3.63) is 94.3 Å². The largest absolute Gasteiger partial charge is 0.494 e. The number of rotatable bonds is 11. The van der Waals surface area contributed by atoms with Gasteiger partial charge in [0.25, 0.3) is 0 Å². The second-order valence-electron chi connectivity index (χ2n) is 10.8. The van der Waals surface area contributed by atoms with Crippen molar-refractivity contribution in [2.24, 2.45) is 5.41 Å². The van der Waals surface area contributed by atoms with Crippen LogP contribution in [0.4, 0.5) is 5.69 Å². The normalized spacial score (nSPS) is 16.3. The molecule has 0 saturated carbocycles. The van der Waals surface area contributed by atoms with Crippen molar-refractivity contribution in [3.8, 4) is 28.7 Å². The number of fused-ring (bicyclic) bond motifs is 3. The third kappa shape index (κ3) is 6.36. The van der Waals surface area contributed by atoms with Gasteiger partial charge in [-0.05, 0) is 84.3 Å². The van der Waals surface area contributed by atoms with Crippen molar-refractivity contribution in [2.45, 2.75) is 51.9 Å². The number of hydrogen-bond donors (Lipinski definition) is 0. The van der Waals surface area contributed by atoms with Gasteiger partial charge in [-0.2, -0.15) is 0 Å². The monoisotopic (exact) mass is 519 g/mol. The topological polar surface area (TPSA) is 32.0 Å². The summed E-state index contributed by atoms with van der Waals surface area (Å²) >= 11 is 0. The first kappa shape index (κ1) is 27.0. The van der Waals surface area contributed by atoms with Gasteiger partial charge in [0.05, 0.1) is 33.0 Å². The molecule has 0 radical (unpaired) electrons. The van der Waals surface area contributed by atoms with Crippen LogP contribution in [0.3, 0.4) is 0 Å². The van der Waals surface area contributed by atoms with E-state index in [9.17, 15) is 0 Å². The molecule has 0 amide bonds. The highest BCUT2D eigenvalue weighted by atomic mass is 16.5. The molecule has 39 heavy (non-hydrogen) atoms. The Morgan fingerprint density at radius 1 is 0.872 bits per heavy atom. The molecular formula is C35H37NO3. The smallest absolute Gasteiger partial charge is 0.187 e. The van der Waals surface area contributed by atoms with Crippen LogP contribution in [0.5, 0.6) is 5.75 Å². The van der Waals surface area contributed by atoms with Crippen LogP contribution in [0.2, 0.25) is 0 Å². The molecule has 0 N–H and O–H groups in total. The van der Waals surface area contributed by atoms with Crippen LogP contribution < -0.4 is 4.74 Å². The lowest BCUT2D eigenvalue weighted by atomic mass is 9.84. The third-order valence-electron chi connectivity index (χ3n) is 8.07. The Labute approximate surface area is 233 Å². The summed E-state index contributed by atoms with van der Waals surface area (Å²) in [5, 5.41) is 0. The number of ether oxygens (including phenoxy) is 3. The lowest BCUT2D eigenvalue weighted by Gasteiger charge is -2.40. The highest BCUT2D eigenvalue weighted by Crippen LogP contribution is 2.46. The van der Waals surface area contributed by atoms with E-state index >= 15 is 0 Å². The van der Waals surface area contributed by atoms with Crippen LogP contribution in [-0.2, 0) is 9.47 Å². The summed E-state index contributed by atoms with van der Waals surface area (Å²) in [5.74, 6) is 7.77. The summed E-state index contributed by atoms with van der Waals surface area (Å²) in [6.07, 6.45) is 5.61. The molecule has 0 bridgehead atoms. The molecule has 2 aliphatic rings. The SMILES string of the molecule is [C-]#[N+]c1ccc2c(c1)C(C)c1cc(C#Cc3ccc(OCCCCCCOCC4(CC)COC4)cc3)ccc1-2. The fourth-order valence-corrected chi connectivity index (χ4v) is 5.33. The second kappa shape index (κ2) is 12.5. The lowest BCUT2D eigenvalue weighted by molar-refractivity contribution is -0.150. The standard InChI is InChI=1S/C35H37NO3/c1-4-35(24-38-25-35)23-37-19-7-5-6-8-20-39-30-15-11-27(12-16-30)9-10-28-13-17-31-32-18-14-29(36-3)22-34(32)26(2)33(31)21-28/h11-18,21-22,26H,4-8,19-20,23-25H2,1-2H3. The van der Waals surface area contributed by atoms with E-state index < -0.39 is 0 Å². The Morgan fingerprint density at radius 3 is 2.23 bits per heavy atom. The van der Waals surface area contributed by atoms with Gasteiger partial charge in [0, 0.05) is 29.1 Å². The van der Waals surface area contributed by atoms with Crippen LogP contribution in [0.1, 0.15) is 74.1 Å². The van der Waals surface area contributed by atoms with Crippen LogP contribution in [0.25, 0.3) is 16.0 Å². The fourth-order valence-electron chi connectivity index (χ4n) is 5.33. The van der Waals surface area contributed by atoms with Gasteiger partial charge in [-0.3, -0.25) is 0 Å². The van der Waals surface area contributed by atoms with E-state index in [4.69, 9.17) is 20.8 Å². The second-order valence-corrected chi connectivity index (χ2v) is 10.8. The molecule has 200 valence electrons. The van der Waals surface area contributed by atoms with Gasteiger partial charge in [0.15, 0.2) is 5.69 Å². The van der Waals surface area contributed by atoms with Crippen molar-refractivity contribution < 1.29 is 14.2 Å². The first-order valence-electron chi connectivity index (χ1n) is 14.2. The summed E-state index contributed by atoms with van der Waals surface area (Å²) in [5.41, 5.74) is 7.95. The summed E-state index contributed by atoms with van der Waals surface area (Å²) in [6.45, 7) is 15.8. The summed E-state index contributed by atoms with van der Waals surface area (Å²) in [7, 11) is 0. The predicted octanol–water partition coefficient (Wildman–Crippen LogP) is 8.15. The molecule has 1 heterocycles. The van der Waals surface area contributed by atoms with Gasteiger partial charge < -0.3 is 14.2 Å². The molecule has 1 aliphatic heterocycles. The molecule has 1 fully saturated rings. The molecule has 5 rings (SSSR count). The third-order valence-corrected chi connectivity index (χ3v) is 8.07. The summed E-state index contributed by atoms with van der Waals surface area (Å²) < 4.78 is 17.2. The average molecular weight is 520 g/mol. The van der Waals surface area contributed by atoms with E-state index in [-0.39, 0.29) is 11.3 Å². The maximum atomic E-state index is 7.31. The number of benzene rings is 3. The van der Waals surface area contributed by atoms with Gasteiger partial charge in [0.2, 0.25) is 0 Å². The molecule has 1 saturated heterocycles. The van der Waals surface area contributed by atoms with E-state index in [2.05, 4.69) is 54.8 Å². The number of unbranched alkanes of at least 4 members (excludes halogenated alkanes) is 3. The Balaban J connectivity index is 1.04. The summed E-state index contributed by atoms with van der Waals surface area (Å²) in [4.78, 5) is 3.59. The maximum Gasteiger partial charge on any atom is 0.187 e. The van der Waals surface area contributed by atoms with Gasteiger partial charge in [0.1, 0.15) is 5.75 Å².